The fourth-order valence-electron chi connectivity index (χ4n) is 17.8. The van der Waals surface area contributed by atoms with Gasteiger partial charge in [-0.3, -0.25) is 0 Å². The molecule has 0 amide bonds. The van der Waals surface area contributed by atoms with Crippen molar-refractivity contribution < 1.29 is 47.2 Å². The van der Waals surface area contributed by atoms with Crippen molar-refractivity contribution in [2.75, 3.05) is 33.1 Å². The number of halogens is 2. The Morgan fingerprint density at radius 1 is 0.287 bits per heavy atom. The molecule has 0 saturated carbocycles. The molecule has 2 saturated heterocycles. The second-order valence-corrected chi connectivity index (χ2v) is 37.8. The molecule has 2 nitrogen and oxygen atoms in total. The van der Waals surface area contributed by atoms with Crippen LogP contribution in [0.1, 0.15) is 62.1 Å². The van der Waals surface area contributed by atoms with Crippen molar-refractivity contribution in [2.45, 2.75) is 66.2 Å². The number of ether oxygens (including phenoxy) is 2. The molecule has 25 rings (SSSR count). The van der Waals surface area contributed by atoms with E-state index in [-0.39, 0.29) is 37.7 Å². The van der Waals surface area contributed by atoms with E-state index in [1.165, 1.54) is 241 Å². The third-order valence-electron chi connectivity index (χ3n) is 23.9. The average Bonchev–Trinajstić information content (AvgIpc) is 0.972. The molecule has 0 N–H and O–H groups in total. The van der Waals surface area contributed by atoms with E-state index in [1.54, 1.807) is 0 Å². The summed E-state index contributed by atoms with van der Waals surface area (Å²) in [4.78, 5) is 0. The van der Waals surface area contributed by atoms with Crippen LogP contribution >= 0.6 is 47.7 Å². The van der Waals surface area contributed by atoms with Gasteiger partial charge < -0.3 is 16.4 Å². The quantitative estimate of drug-likeness (QED) is 0.0715. The van der Waals surface area contributed by atoms with Gasteiger partial charge in [-0.05, 0) is 268 Å². The van der Waals surface area contributed by atoms with Crippen LogP contribution in [0.5, 0.6) is 0 Å². The third-order valence-corrected chi connectivity index (χ3v) is 29.9. The topological polar surface area (TPSA) is 18.5 Å². The van der Waals surface area contributed by atoms with Gasteiger partial charge in [0.1, 0.15) is 0 Å². The van der Waals surface area contributed by atoms with Gasteiger partial charge in [0.25, 0.3) is 0 Å². The Labute approximate surface area is 759 Å². The Balaban J connectivity index is 0.000000120. The van der Waals surface area contributed by atoms with Crippen LogP contribution in [0.15, 0.2) is 355 Å². The summed E-state index contributed by atoms with van der Waals surface area (Å²) in [6.07, 6.45) is 7.39. The van der Waals surface area contributed by atoms with E-state index >= 15 is 0 Å². The summed E-state index contributed by atoms with van der Waals surface area (Å²) in [5.74, 6) is 0. The molecular weight excluding hydrogens is 1640 g/mol. The smallest absolute Gasteiger partial charge is 0.381 e. The van der Waals surface area contributed by atoms with E-state index in [0.717, 1.165) is 37.3 Å². The molecule has 0 bridgehead atoms. The monoisotopic (exact) mass is 1730 g/mol. The van der Waals surface area contributed by atoms with Crippen molar-refractivity contribution in [1.82, 2.24) is 0 Å². The molecule has 2 aliphatic rings. The van der Waals surface area contributed by atoms with Crippen molar-refractivity contribution in [2.24, 2.45) is 0 Å². The standard InChI is InChI=1S/C39H25P.C33H21P.C16H9Br.C7H7Br.C7H7.2C4H8O.C4H9.2Li/c1-24-8-18-31(19-9-24)40(34-22-16-29-12-10-25-4-2-6-27-14-20-32(34)38(29)36(25)27)35-23-17-30-13-11-26-5-3-7-28-15-21-33(35)39(30)37(26)28;1-34(28-18-14-24-10-8-20-4-2-6-22-12-16-26(28)32(24)30(20)22)29-19-15-25-11-9-21-5-3-7-23-13-17-27(29)33(25)31(21)23;17-14-9-7-12-5-4-10-2-1-3-11-6-8-13(14)16(12)15(10)11;1-6-2-4-7(8)5-3-6;1-7-5-3-2-4-6-7;2*1-2-4-5-3-1;1-3-4-2;;/h2-23H,1H3;2-19H,1H3;1-9H;2-5H,1H3;3-6H,1H3;2*1-4H2;1,3-4H2,2H3;;/q;;;;-1;;;-1;2*+1. The zero-order chi connectivity index (χ0) is 81.7. The summed E-state index contributed by atoms with van der Waals surface area (Å²) in [5.41, 5.74) is 3.89. The predicted octanol–water partition coefficient (Wildman–Crippen LogP) is 25.2. The van der Waals surface area contributed by atoms with Gasteiger partial charge in [-0.25, -0.2) is 0 Å². The molecule has 0 aromatic heterocycles. The molecule has 0 unspecified atom stereocenters. The SMILES string of the molecule is Brc1ccc2ccc3cccc4ccc1c2c34.C1CCOC1.C1CCOC1.CP(c1ccc2ccc3cccc4ccc1c2c34)c1ccc2ccc3cccc4ccc1c2c34.Cc1cc[c-]cc1.Cc1ccc(Br)cc1.Cc1ccc(P(c2ccc3ccc4cccc5ccc2c3c45)c2ccc3ccc4cccc5ccc2c3c45)cc1.[CH2-]CCC.[Li+].[Li+]. The number of hydrogen-bond acceptors (Lipinski definition) is 2. The second-order valence-electron chi connectivity index (χ2n) is 31.8. The van der Waals surface area contributed by atoms with E-state index in [1.807, 2.05) is 36.4 Å². The van der Waals surface area contributed by atoms with Crippen LogP contribution in [0.25, 0.3) is 162 Å². The van der Waals surface area contributed by atoms with Crippen LogP contribution in [0.4, 0.5) is 0 Å². The van der Waals surface area contributed by atoms with Gasteiger partial charge in [-0.1, -0.05) is 367 Å². The van der Waals surface area contributed by atoms with Crippen LogP contribution in [-0.4, -0.2) is 33.1 Å². The Bertz CT molecular complexity index is 7050. The van der Waals surface area contributed by atoms with Crippen LogP contribution in [0.2, 0.25) is 0 Å². The first-order chi connectivity index (χ1) is 59.0. The van der Waals surface area contributed by atoms with Crippen molar-refractivity contribution >= 4 is 236 Å². The first-order valence-electron chi connectivity index (χ1n) is 42.1. The third kappa shape index (κ3) is 17.5. The van der Waals surface area contributed by atoms with Crippen LogP contribution < -0.4 is 64.2 Å². The summed E-state index contributed by atoms with van der Waals surface area (Å²) >= 11 is 6.99. The van der Waals surface area contributed by atoms with Crippen molar-refractivity contribution in [3.05, 3.63) is 384 Å². The van der Waals surface area contributed by atoms with E-state index < -0.39 is 15.8 Å². The molecule has 122 heavy (non-hydrogen) atoms. The van der Waals surface area contributed by atoms with Crippen LogP contribution in [0, 0.1) is 33.8 Å². The molecule has 23 aromatic carbocycles. The molecule has 0 radical (unpaired) electrons. The Morgan fingerprint density at radius 3 is 0.795 bits per heavy atom. The first-order valence-corrected chi connectivity index (χ1v) is 46.9. The molecular formula is C114H94Br2Li2O2P2. The van der Waals surface area contributed by atoms with E-state index in [9.17, 15) is 0 Å². The zero-order valence-electron chi connectivity index (χ0n) is 70.7. The number of aryl methyl sites for hydroxylation is 3. The predicted molar refractivity (Wildman–Crippen MR) is 537 cm³/mol. The molecule has 8 heteroatoms. The minimum absolute atomic E-state index is 0. The van der Waals surface area contributed by atoms with Gasteiger partial charge in [0.05, 0.1) is 0 Å². The van der Waals surface area contributed by atoms with Gasteiger partial charge >= 0.3 is 37.7 Å². The van der Waals surface area contributed by atoms with Gasteiger partial charge in [-0.15, -0.1) is 0 Å². The van der Waals surface area contributed by atoms with Crippen LogP contribution in [0.3, 0.4) is 0 Å². The molecule has 2 aliphatic heterocycles. The number of hydrogen-bond donors (Lipinski definition) is 0. The van der Waals surface area contributed by atoms with E-state index in [0.29, 0.717) is 0 Å². The second kappa shape index (κ2) is 38.9. The minimum atomic E-state index is -0.813. The molecule has 2 fully saturated rings. The zero-order valence-corrected chi connectivity index (χ0v) is 75.6. The average molecular weight is 1730 g/mol. The maximum atomic E-state index is 4.94. The van der Waals surface area contributed by atoms with E-state index in [4.69, 9.17) is 9.47 Å². The fraction of sp³-hybridized carbons (Fsp3) is 0.132. The minimum Gasteiger partial charge on any atom is -0.381 e. The van der Waals surface area contributed by atoms with Crippen molar-refractivity contribution in [3.8, 4) is 0 Å². The van der Waals surface area contributed by atoms with Gasteiger partial charge in [0, 0.05) is 35.4 Å². The maximum absolute atomic E-state index is 4.94. The summed E-state index contributed by atoms with van der Waals surface area (Å²) in [5, 5.41) is 47.8. The summed E-state index contributed by atoms with van der Waals surface area (Å²) < 4.78 is 12.2. The summed E-state index contributed by atoms with van der Waals surface area (Å²) in [6.45, 7) is 18.5. The molecule has 23 aromatic rings. The van der Waals surface area contributed by atoms with Gasteiger partial charge in [0.15, 0.2) is 0 Å². The molecule has 2 heterocycles. The fourth-order valence-corrected chi connectivity index (χ4v) is 23.1. The Kier molecular flexibility index (Phi) is 27.4. The van der Waals surface area contributed by atoms with Crippen molar-refractivity contribution in [3.63, 3.8) is 0 Å². The molecule has 0 spiro atoms. The van der Waals surface area contributed by atoms with Gasteiger partial charge in [0.2, 0.25) is 0 Å². The molecule has 0 aliphatic carbocycles. The summed E-state index contributed by atoms with van der Waals surface area (Å²) in [7, 11) is -1.34. The Hall–Kier alpha value is -9.81. The Morgan fingerprint density at radius 2 is 0.525 bits per heavy atom. The number of unbranched alkanes of at least 4 members (excludes halogenated alkanes) is 1. The van der Waals surface area contributed by atoms with E-state index in [2.05, 4.69) is 389 Å². The van der Waals surface area contributed by atoms with Crippen LogP contribution in [-0.2, 0) is 9.47 Å². The maximum Gasteiger partial charge on any atom is 1.00 e. The number of benzene rings is 23. The van der Waals surface area contributed by atoms with Crippen molar-refractivity contribution in [1.29, 1.82) is 0 Å². The first kappa shape index (κ1) is 85.7. The molecule has 588 valence electrons. The number of rotatable bonds is 6. The normalized spacial score (nSPS) is 12.5. The largest absolute Gasteiger partial charge is 1.00 e. The van der Waals surface area contributed by atoms with Gasteiger partial charge in [-0.2, -0.15) is 42.3 Å². The summed E-state index contributed by atoms with van der Waals surface area (Å²) in [6, 6.07) is 130. The molecule has 0 atom stereocenters.